The van der Waals surface area contributed by atoms with Gasteiger partial charge in [0.05, 0.1) is 10.3 Å². The van der Waals surface area contributed by atoms with Crippen molar-refractivity contribution in [3.8, 4) is 0 Å². The summed E-state index contributed by atoms with van der Waals surface area (Å²) in [5.41, 5.74) is 2.04. The average Bonchev–Trinajstić information content (AvgIpc) is 2.75. The van der Waals surface area contributed by atoms with Crippen LogP contribution in [-0.4, -0.2) is 14.7 Å². The molecule has 1 aromatic carbocycles. The highest BCUT2D eigenvalue weighted by Gasteiger charge is 2.26. The Balaban J connectivity index is 2.35. The SMILES string of the molecule is CCn1nc(C)c([N+](=O)[O-])c1CC(Cl)c1ccccc1. The first-order valence-electron chi connectivity index (χ1n) is 6.44. The smallest absolute Gasteiger partial charge is 0.262 e. The van der Waals surface area contributed by atoms with Crippen LogP contribution in [0.2, 0.25) is 0 Å². The number of alkyl halides is 1. The molecule has 0 saturated carbocycles. The summed E-state index contributed by atoms with van der Waals surface area (Å²) in [5.74, 6) is 0. The van der Waals surface area contributed by atoms with Gasteiger partial charge in [-0.25, -0.2) is 0 Å². The van der Waals surface area contributed by atoms with Crippen molar-refractivity contribution in [3.05, 3.63) is 57.4 Å². The molecule has 0 aliphatic carbocycles. The molecule has 2 rings (SSSR count). The van der Waals surface area contributed by atoms with Crippen LogP contribution in [0.1, 0.15) is 29.3 Å². The predicted molar refractivity (Wildman–Crippen MR) is 78.0 cm³/mol. The Labute approximate surface area is 122 Å². The standard InChI is InChI=1S/C14H16ClN3O2/c1-3-17-13(14(18(19)20)10(2)16-17)9-12(15)11-7-5-4-6-8-11/h4-8,12H,3,9H2,1-2H3. The molecule has 0 fully saturated rings. The fraction of sp³-hybridized carbons (Fsp3) is 0.357. The fourth-order valence-electron chi connectivity index (χ4n) is 2.27. The van der Waals surface area contributed by atoms with Crippen molar-refractivity contribution in [2.24, 2.45) is 0 Å². The Morgan fingerprint density at radius 2 is 2.05 bits per heavy atom. The van der Waals surface area contributed by atoms with E-state index < -0.39 is 0 Å². The van der Waals surface area contributed by atoms with Gasteiger partial charge in [0.15, 0.2) is 0 Å². The second-order valence-electron chi connectivity index (χ2n) is 4.54. The van der Waals surface area contributed by atoms with Crippen LogP contribution in [-0.2, 0) is 13.0 Å². The second kappa shape index (κ2) is 6.05. The molecule has 0 spiro atoms. The lowest BCUT2D eigenvalue weighted by Crippen LogP contribution is -2.07. The van der Waals surface area contributed by atoms with E-state index in [1.807, 2.05) is 37.3 Å². The van der Waals surface area contributed by atoms with Crippen molar-refractivity contribution < 1.29 is 4.92 Å². The van der Waals surface area contributed by atoms with Gasteiger partial charge >= 0.3 is 5.69 Å². The molecule has 2 aromatic rings. The van der Waals surface area contributed by atoms with E-state index in [1.165, 1.54) is 0 Å². The minimum Gasteiger partial charge on any atom is -0.262 e. The number of benzene rings is 1. The molecule has 0 aliphatic rings. The first-order valence-corrected chi connectivity index (χ1v) is 6.88. The minimum atomic E-state index is -0.377. The van der Waals surface area contributed by atoms with Gasteiger partial charge in [0.25, 0.3) is 0 Å². The number of hydrogen-bond acceptors (Lipinski definition) is 3. The Hall–Kier alpha value is -1.88. The van der Waals surface area contributed by atoms with E-state index in [0.29, 0.717) is 24.4 Å². The van der Waals surface area contributed by atoms with Crippen LogP contribution >= 0.6 is 11.6 Å². The van der Waals surface area contributed by atoms with Crippen LogP contribution in [0.4, 0.5) is 5.69 Å². The summed E-state index contributed by atoms with van der Waals surface area (Å²) in [4.78, 5) is 10.8. The van der Waals surface area contributed by atoms with E-state index in [9.17, 15) is 10.1 Å². The lowest BCUT2D eigenvalue weighted by Gasteiger charge is -2.10. The van der Waals surface area contributed by atoms with Gasteiger partial charge in [-0.1, -0.05) is 30.3 Å². The number of nitrogens with zero attached hydrogens (tertiary/aromatic N) is 3. The molecule has 0 N–H and O–H groups in total. The summed E-state index contributed by atoms with van der Waals surface area (Å²) in [6.45, 7) is 4.15. The molecule has 1 atom stereocenters. The molecule has 20 heavy (non-hydrogen) atoms. The van der Waals surface area contributed by atoms with Crippen LogP contribution in [0.15, 0.2) is 30.3 Å². The molecule has 0 radical (unpaired) electrons. The van der Waals surface area contributed by atoms with Gasteiger partial charge in [-0.15, -0.1) is 11.6 Å². The van der Waals surface area contributed by atoms with Crippen LogP contribution in [0.5, 0.6) is 0 Å². The van der Waals surface area contributed by atoms with Gasteiger partial charge in [-0.3, -0.25) is 14.8 Å². The monoisotopic (exact) mass is 293 g/mol. The fourth-order valence-corrected chi connectivity index (χ4v) is 2.56. The van der Waals surface area contributed by atoms with Crippen molar-refractivity contribution in [2.75, 3.05) is 0 Å². The zero-order valence-corrected chi connectivity index (χ0v) is 12.2. The molecule has 6 heteroatoms. The topological polar surface area (TPSA) is 61.0 Å². The van der Waals surface area contributed by atoms with Gasteiger partial charge in [-0.05, 0) is 19.4 Å². The molecule has 1 aromatic heterocycles. The zero-order valence-electron chi connectivity index (χ0n) is 11.4. The average molecular weight is 294 g/mol. The zero-order chi connectivity index (χ0) is 14.7. The molecular formula is C14H16ClN3O2. The van der Waals surface area contributed by atoms with Crippen LogP contribution in [0.3, 0.4) is 0 Å². The third-order valence-electron chi connectivity index (χ3n) is 3.21. The van der Waals surface area contributed by atoms with E-state index in [2.05, 4.69) is 5.10 Å². The number of halogens is 1. The quantitative estimate of drug-likeness (QED) is 0.480. The number of nitro groups is 1. The summed E-state index contributed by atoms with van der Waals surface area (Å²) in [5, 5.41) is 15.1. The molecule has 1 heterocycles. The van der Waals surface area contributed by atoms with E-state index in [-0.39, 0.29) is 16.0 Å². The van der Waals surface area contributed by atoms with Crippen molar-refractivity contribution in [2.45, 2.75) is 32.2 Å². The number of aromatic nitrogens is 2. The molecule has 106 valence electrons. The summed E-state index contributed by atoms with van der Waals surface area (Å²) in [7, 11) is 0. The normalized spacial score (nSPS) is 12.3. The Bertz CT molecular complexity index is 610. The van der Waals surface area contributed by atoms with E-state index in [0.717, 1.165) is 5.56 Å². The minimum absolute atomic E-state index is 0.0773. The predicted octanol–water partition coefficient (Wildman–Crippen LogP) is 3.64. The maximum atomic E-state index is 11.2. The highest BCUT2D eigenvalue weighted by molar-refractivity contribution is 6.20. The molecule has 1 unspecified atom stereocenters. The molecule has 0 amide bonds. The van der Waals surface area contributed by atoms with E-state index in [4.69, 9.17) is 11.6 Å². The summed E-state index contributed by atoms with van der Waals surface area (Å²) in [6, 6.07) is 9.56. The third kappa shape index (κ3) is 2.82. The maximum absolute atomic E-state index is 11.2. The molecule has 0 saturated heterocycles. The largest absolute Gasteiger partial charge is 0.313 e. The Morgan fingerprint density at radius 3 is 2.60 bits per heavy atom. The highest BCUT2D eigenvalue weighted by atomic mass is 35.5. The van der Waals surface area contributed by atoms with Crippen LogP contribution in [0, 0.1) is 17.0 Å². The van der Waals surface area contributed by atoms with Gasteiger partial charge in [0, 0.05) is 13.0 Å². The van der Waals surface area contributed by atoms with Crippen LogP contribution in [0.25, 0.3) is 0 Å². The first-order chi connectivity index (χ1) is 9.54. The molecule has 0 aliphatic heterocycles. The van der Waals surface area contributed by atoms with E-state index in [1.54, 1.807) is 11.6 Å². The van der Waals surface area contributed by atoms with Gasteiger partial charge in [0.2, 0.25) is 0 Å². The van der Waals surface area contributed by atoms with Crippen molar-refractivity contribution in [1.29, 1.82) is 0 Å². The summed E-state index contributed by atoms with van der Waals surface area (Å²) in [6.07, 6.45) is 0.385. The highest BCUT2D eigenvalue weighted by Crippen LogP contribution is 2.31. The van der Waals surface area contributed by atoms with Crippen molar-refractivity contribution in [3.63, 3.8) is 0 Å². The number of aryl methyl sites for hydroxylation is 2. The number of rotatable bonds is 5. The summed E-state index contributed by atoms with van der Waals surface area (Å²) < 4.78 is 1.66. The Kier molecular flexibility index (Phi) is 4.39. The molecular weight excluding hydrogens is 278 g/mol. The first kappa shape index (κ1) is 14.5. The lowest BCUT2D eigenvalue weighted by molar-refractivity contribution is -0.386. The van der Waals surface area contributed by atoms with E-state index >= 15 is 0 Å². The molecule has 0 bridgehead atoms. The lowest BCUT2D eigenvalue weighted by atomic mass is 10.1. The van der Waals surface area contributed by atoms with Gasteiger partial charge in [-0.2, -0.15) is 5.10 Å². The van der Waals surface area contributed by atoms with Crippen LogP contribution < -0.4 is 0 Å². The summed E-state index contributed by atoms with van der Waals surface area (Å²) >= 11 is 6.39. The number of hydrogen-bond donors (Lipinski definition) is 0. The van der Waals surface area contributed by atoms with Crippen molar-refractivity contribution >= 4 is 17.3 Å². The maximum Gasteiger partial charge on any atom is 0.313 e. The Morgan fingerprint density at radius 1 is 1.40 bits per heavy atom. The molecule has 5 nitrogen and oxygen atoms in total. The second-order valence-corrected chi connectivity index (χ2v) is 5.06. The van der Waals surface area contributed by atoms with Gasteiger partial charge in [0.1, 0.15) is 11.4 Å². The van der Waals surface area contributed by atoms with Crippen molar-refractivity contribution in [1.82, 2.24) is 9.78 Å². The van der Waals surface area contributed by atoms with Gasteiger partial charge < -0.3 is 0 Å². The third-order valence-corrected chi connectivity index (χ3v) is 3.62.